The van der Waals surface area contributed by atoms with Crippen molar-refractivity contribution in [2.75, 3.05) is 20.2 Å². The summed E-state index contributed by atoms with van der Waals surface area (Å²) in [5.41, 5.74) is 1.41. The van der Waals surface area contributed by atoms with Gasteiger partial charge in [0.15, 0.2) is 0 Å². The number of methoxy groups -OCH3 is 1. The molecule has 1 aliphatic rings. The van der Waals surface area contributed by atoms with Gasteiger partial charge in [-0.2, -0.15) is 0 Å². The van der Waals surface area contributed by atoms with Gasteiger partial charge in [-0.1, -0.05) is 0 Å². The normalized spacial score (nSPS) is 20.8. The fourth-order valence-corrected chi connectivity index (χ4v) is 2.56. The van der Waals surface area contributed by atoms with Gasteiger partial charge in [-0.05, 0) is 40.2 Å². The maximum absolute atomic E-state index is 5.85. The molecular formula is C16H28N2O2. The number of hydrogen-bond acceptors (Lipinski definition) is 4. The molecule has 2 heterocycles. The molecule has 0 bridgehead atoms. The van der Waals surface area contributed by atoms with Crippen LogP contribution in [0.3, 0.4) is 0 Å². The molecule has 4 nitrogen and oxygen atoms in total. The first kappa shape index (κ1) is 15.5. The van der Waals surface area contributed by atoms with E-state index in [0.29, 0.717) is 6.10 Å². The fourth-order valence-electron chi connectivity index (χ4n) is 2.56. The van der Waals surface area contributed by atoms with Crippen molar-refractivity contribution >= 4 is 0 Å². The first-order valence-corrected chi connectivity index (χ1v) is 7.46. The van der Waals surface area contributed by atoms with E-state index < -0.39 is 0 Å². The molecule has 0 radical (unpaired) electrons. The van der Waals surface area contributed by atoms with E-state index in [0.717, 1.165) is 44.1 Å². The minimum Gasteiger partial charge on any atom is -0.465 e. The second-order valence-electron chi connectivity index (χ2n) is 6.78. The number of furan rings is 1. The van der Waals surface area contributed by atoms with Crippen LogP contribution in [0.2, 0.25) is 0 Å². The monoisotopic (exact) mass is 280 g/mol. The second kappa shape index (κ2) is 6.29. The van der Waals surface area contributed by atoms with Crippen LogP contribution in [0, 0.1) is 6.92 Å². The number of nitrogens with one attached hydrogen (secondary N) is 1. The van der Waals surface area contributed by atoms with Crippen molar-refractivity contribution in [3.63, 3.8) is 0 Å². The molecule has 0 amide bonds. The molecule has 4 heteroatoms. The maximum Gasteiger partial charge on any atom is 0.118 e. The van der Waals surface area contributed by atoms with Crippen LogP contribution in [0.5, 0.6) is 0 Å². The van der Waals surface area contributed by atoms with E-state index in [2.05, 4.69) is 44.0 Å². The lowest BCUT2D eigenvalue weighted by Crippen LogP contribution is -2.34. The summed E-state index contributed by atoms with van der Waals surface area (Å²) >= 11 is 0. The zero-order valence-corrected chi connectivity index (χ0v) is 13.5. The predicted octanol–water partition coefficient (Wildman–Crippen LogP) is 2.70. The largest absolute Gasteiger partial charge is 0.465 e. The van der Waals surface area contributed by atoms with Crippen molar-refractivity contribution in [2.45, 2.75) is 58.8 Å². The lowest BCUT2D eigenvalue weighted by Gasteiger charge is -2.19. The Morgan fingerprint density at radius 2 is 2.20 bits per heavy atom. The van der Waals surface area contributed by atoms with Gasteiger partial charge in [0.05, 0.1) is 12.6 Å². The molecule has 1 atom stereocenters. The van der Waals surface area contributed by atoms with Crippen LogP contribution >= 0.6 is 0 Å². The predicted molar refractivity (Wildman–Crippen MR) is 80.7 cm³/mol. The Morgan fingerprint density at radius 3 is 2.80 bits per heavy atom. The first-order chi connectivity index (χ1) is 9.37. The summed E-state index contributed by atoms with van der Waals surface area (Å²) < 4.78 is 11.3. The van der Waals surface area contributed by atoms with Crippen LogP contribution in [-0.4, -0.2) is 36.7 Å². The molecule has 20 heavy (non-hydrogen) atoms. The summed E-state index contributed by atoms with van der Waals surface area (Å²) in [7, 11) is 1.80. The van der Waals surface area contributed by atoms with Crippen LogP contribution in [0.4, 0.5) is 0 Å². The van der Waals surface area contributed by atoms with Crippen LogP contribution < -0.4 is 5.32 Å². The van der Waals surface area contributed by atoms with Gasteiger partial charge in [0.25, 0.3) is 0 Å². The minimum absolute atomic E-state index is 0.113. The summed E-state index contributed by atoms with van der Waals surface area (Å²) in [4.78, 5) is 2.44. The quantitative estimate of drug-likeness (QED) is 0.900. The van der Waals surface area contributed by atoms with Crippen molar-refractivity contribution in [3.8, 4) is 0 Å². The van der Waals surface area contributed by atoms with Gasteiger partial charge in [-0.15, -0.1) is 0 Å². The topological polar surface area (TPSA) is 37.6 Å². The van der Waals surface area contributed by atoms with Gasteiger partial charge < -0.3 is 14.5 Å². The van der Waals surface area contributed by atoms with E-state index in [9.17, 15) is 0 Å². The average Bonchev–Trinajstić information content (AvgIpc) is 2.94. The SMILES string of the molecule is COC1CCN(Cc2cc(CNC(C)(C)C)oc2C)C1. The highest BCUT2D eigenvalue weighted by atomic mass is 16.5. The van der Waals surface area contributed by atoms with Gasteiger partial charge in [0.2, 0.25) is 0 Å². The van der Waals surface area contributed by atoms with E-state index in [1.165, 1.54) is 5.56 Å². The molecular weight excluding hydrogens is 252 g/mol. The van der Waals surface area contributed by atoms with E-state index in [4.69, 9.17) is 9.15 Å². The molecule has 0 saturated carbocycles. The number of rotatable bonds is 5. The number of likely N-dealkylation sites (tertiary alicyclic amines) is 1. The Kier molecular flexibility index (Phi) is 4.89. The highest BCUT2D eigenvalue weighted by molar-refractivity contribution is 5.21. The highest BCUT2D eigenvalue weighted by Crippen LogP contribution is 2.20. The van der Waals surface area contributed by atoms with Crippen LogP contribution in [0.15, 0.2) is 10.5 Å². The molecule has 0 aromatic carbocycles. The molecule has 1 fully saturated rings. The molecule has 1 aliphatic heterocycles. The van der Waals surface area contributed by atoms with Crippen molar-refractivity contribution in [1.82, 2.24) is 10.2 Å². The summed E-state index contributed by atoms with van der Waals surface area (Å²) in [6, 6.07) is 2.19. The van der Waals surface area contributed by atoms with Gasteiger partial charge in [-0.25, -0.2) is 0 Å². The van der Waals surface area contributed by atoms with Crippen LogP contribution in [0.25, 0.3) is 0 Å². The standard InChI is InChI=1S/C16H28N2O2/c1-12-13(10-18-7-6-14(11-18)19-5)8-15(20-12)9-17-16(2,3)4/h8,14,17H,6-7,9-11H2,1-5H3. The first-order valence-electron chi connectivity index (χ1n) is 7.46. The molecule has 0 spiro atoms. The lowest BCUT2D eigenvalue weighted by atomic mass is 10.1. The number of hydrogen-bond donors (Lipinski definition) is 1. The summed E-state index contributed by atoms with van der Waals surface area (Å²) in [5, 5.41) is 3.46. The van der Waals surface area contributed by atoms with Crippen molar-refractivity contribution < 1.29 is 9.15 Å². The molecule has 114 valence electrons. The molecule has 2 rings (SSSR count). The third-order valence-electron chi connectivity index (χ3n) is 3.82. The van der Waals surface area contributed by atoms with E-state index >= 15 is 0 Å². The summed E-state index contributed by atoms with van der Waals surface area (Å²) in [6.45, 7) is 12.4. The van der Waals surface area contributed by atoms with Gasteiger partial charge in [0, 0.05) is 37.8 Å². The number of aryl methyl sites for hydroxylation is 1. The van der Waals surface area contributed by atoms with Crippen LogP contribution in [0.1, 0.15) is 44.3 Å². The molecule has 1 N–H and O–H groups in total. The molecule has 1 aromatic heterocycles. The Morgan fingerprint density at radius 1 is 1.45 bits per heavy atom. The Balaban J connectivity index is 1.91. The maximum atomic E-state index is 5.85. The van der Waals surface area contributed by atoms with Gasteiger partial charge >= 0.3 is 0 Å². The van der Waals surface area contributed by atoms with Crippen molar-refractivity contribution in [2.24, 2.45) is 0 Å². The summed E-state index contributed by atoms with van der Waals surface area (Å²) in [6.07, 6.45) is 1.52. The van der Waals surface area contributed by atoms with E-state index in [-0.39, 0.29) is 5.54 Å². The highest BCUT2D eigenvalue weighted by Gasteiger charge is 2.23. The molecule has 0 aliphatic carbocycles. The molecule has 1 saturated heterocycles. The zero-order chi connectivity index (χ0) is 14.8. The van der Waals surface area contributed by atoms with E-state index in [1.54, 1.807) is 7.11 Å². The lowest BCUT2D eigenvalue weighted by molar-refractivity contribution is 0.107. The summed E-state index contributed by atoms with van der Waals surface area (Å²) in [5.74, 6) is 2.06. The third kappa shape index (κ3) is 4.33. The second-order valence-corrected chi connectivity index (χ2v) is 6.78. The third-order valence-corrected chi connectivity index (χ3v) is 3.82. The van der Waals surface area contributed by atoms with Gasteiger partial charge in [0.1, 0.15) is 11.5 Å². The van der Waals surface area contributed by atoms with Crippen molar-refractivity contribution in [1.29, 1.82) is 0 Å². The fraction of sp³-hybridized carbons (Fsp3) is 0.750. The Hall–Kier alpha value is -0.840. The van der Waals surface area contributed by atoms with E-state index in [1.807, 2.05) is 0 Å². The van der Waals surface area contributed by atoms with Crippen molar-refractivity contribution in [3.05, 3.63) is 23.2 Å². The zero-order valence-electron chi connectivity index (χ0n) is 13.5. The Labute approximate surface area is 122 Å². The van der Waals surface area contributed by atoms with Gasteiger partial charge in [-0.3, -0.25) is 4.90 Å². The molecule has 1 aromatic rings. The minimum atomic E-state index is 0.113. The number of ether oxygens (including phenoxy) is 1. The average molecular weight is 280 g/mol. The smallest absolute Gasteiger partial charge is 0.118 e. The number of nitrogens with zero attached hydrogens (tertiary/aromatic N) is 1. The Bertz CT molecular complexity index is 434. The molecule has 1 unspecified atom stereocenters. The van der Waals surface area contributed by atoms with Crippen LogP contribution in [-0.2, 0) is 17.8 Å².